The van der Waals surface area contributed by atoms with Crippen molar-refractivity contribution in [2.24, 2.45) is 0 Å². The van der Waals surface area contributed by atoms with Gasteiger partial charge in [0, 0.05) is 12.2 Å². The summed E-state index contributed by atoms with van der Waals surface area (Å²) in [4.78, 5) is 40.9. The minimum atomic E-state index is -1.40. The number of rotatable bonds is 10. The maximum absolute atomic E-state index is 10.6. The largest absolute Gasteiger partial charge is 2.00 e. The Kier molecular flexibility index (Phi) is 24.1. The van der Waals surface area contributed by atoms with Crippen LogP contribution in [-0.4, -0.2) is 86.0 Å². The SMILES string of the molecule is CCCCOC(=O)C=CC(=O)[O-].CCCCOC(=O)C=CC(=O)[O-].[Ba+2]. The molecule has 0 heterocycles. The zero-order valence-electron chi connectivity index (χ0n) is 14.5. The van der Waals surface area contributed by atoms with Crippen LogP contribution in [0.15, 0.2) is 24.3 Å². The fourth-order valence-electron chi connectivity index (χ4n) is 1.00. The molecule has 0 fully saturated rings. The van der Waals surface area contributed by atoms with Gasteiger partial charge in [-0.3, -0.25) is 0 Å². The molecule has 9 heteroatoms. The van der Waals surface area contributed by atoms with Crippen molar-refractivity contribution in [3.05, 3.63) is 24.3 Å². The molecule has 0 amide bonds. The van der Waals surface area contributed by atoms with Crippen LogP contribution in [0.2, 0.25) is 0 Å². The minimum absolute atomic E-state index is 0. The number of carboxylic acids is 2. The summed E-state index contributed by atoms with van der Waals surface area (Å²) in [6, 6.07) is 0. The predicted octanol–water partition coefficient (Wildman–Crippen LogP) is -1.11. The molecule has 0 atom stereocenters. The molecule has 136 valence electrons. The van der Waals surface area contributed by atoms with Gasteiger partial charge in [0.25, 0.3) is 0 Å². The number of carbonyl (C=O) groups excluding carboxylic acids is 4. The molecule has 0 aliphatic carbocycles. The maximum atomic E-state index is 10.6. The van der Waals surface area contributed by atoms with E-state index in [-0.39, 0.29) is 48.9 Å². The average molecular weight is 480 g/mol. The third kappa shape index (κ3) is 28.0. The van der Waals surface area contributed by atoms with Gasteiger partial charge in [-0.1, -0.05) is 26.7 Å². The monoisotopic (exact) mass is 480 g/mol. The Hall–Kier alpha value is -1.07. The molecule has 0 saturated heterocycles. The number of hydrogen-bond acceptors (Lipinski definition) is 8. The topological polar surface area (TPSA) is 133 Å². The Labute approximate surface area is 187 Å². The molecule has 0 aliphatic rings. The second-order valence-electron chi connectivity index (χ2n) is 4.35. The van der Waals surface area contributed by atoms with Crippen molar-refractivity contribution in [1.82, 2.24) is 0 Å². The molecule has 25 heavy (non-hydrogen) atoms. The fourth-order valence-corrected chi connectivity index (χ4v) is 1.00. The van der Waals surface area contributed by atoms with Crippen LogP contribution in [0.3, 0.4) is 0 Å². The first kappa shape index (κ1) is 28.7. The van der Waals surface area contributed by atoms with Crippen molar-refractivity contribution in [2.45, 2.75) is 39.5 Å². The van der Waals surface area contributed by atoms with Gasteiger partial charge in [0.1, 0.15) is 0 Å². The first-order chi connectivity index (χ1) is 11.3. The number of ether oxygens (including phenoxy) is 2. The third-order valence-corrected chi connectivity index (χ3v) is 2.20. The van der Waals surface area contributed by atoms with Crippen LogP contribution in [0.4, 0.5) is 0 Å². The van der Waals surface area contributed by atoms with Gasteiger partial charge in [-0.25, -0.2) is 9.59 Å². The van der Waals surface area contributed by atoms with Gasteiger partial charge in [-0.15, -0.1) is 0 Å². The van der Waals surface area contributed by atoms with Crippen molar-refractivity contribution in [3.63, 3.8) is 0 Å². The van der Waals surface area contributed by atoms with Crippen molar-refractivity contribution in [2.75, 3.05) is 13.2 Å². The van der Waals surface area contributed by atoms with Crippen molar-refractivity contribution in [3.8, 4) is 0 Å². The number of carbonyl (C=O) groups is 4. The van der Waals surface area contributed by atoms with E-state index in [1.54, 1.807) is 0 Å². The Morgan fingerprint density at radius 3 is 1.28 bits per heavy atom. The van der Waals surface area contributed by atoms with Crippen LogP contribution in [0.25, 0.3) is 0 Å². The van der Waals surface area contributed by atoms with E-state index in [9.17, 15) is 29.4 Å². The van der Waals surface area contributed by atoms with E-state index < -0.39 is 23.9 Å². The minimum Gasteiger partial charge on any atom is -0.545 e. The van der Waals surface area contributed by atoms with Crippen LogP contribution in [0, 0.1) is 0 Å². The Morgan fingerprint density at radius 1 is 0.720 bits per heavy atom. The number of aliphatic carboxylic acids is 2. The van der Waals surface area contributed by atoms with Crippen LogP contribution >= 0.6 is 0 Å². The summed E-state index contributed by atoms with van der Waals surface area (Å²) in [5.41, 5.74) is 0. The zero-order valence-corrected chi connectivity index (χ0v) is 19.0. The first-order valence-corrected chi connectivity index (χ1v) is 7.45. The molecule has 0 bridgehead atoms. The second kappa shape index (κ2) is 21.0. The molecule has 0 aromatic heterocycles. The summed E-state index contributed by atoms with van der Waals surface area (Å²) in [7, 11) is 0. The average Bonchev–Trinajstić information content (AvgIpc) is 2.52. The van der Waals surface area contributed by atoms with Crippen molar-refractivity contribution >= 4 is 72.8 Å². The predicted molar refractivity (Wildman–Crippen MR) is 85.8 cm³/mol. The molecule has 0 rings (SSSR count). The van der Waals surface area contributed by atoms with Gasteiger partial charge < -0.3 is 29.3 Å². The summed E-state index contributed by atoms with van der Waals surface area (Å²) in [6.45, 7) is 4.58. The Morgan fingerprint density at radius 2 is 1.04 bits per heavy atom. The van der Waals surface area contributed by atoms with E-state index in [4.69, 9.17) is 0 Å². The molecule has 0 aliphatic heterocycles. The quantitative estimate of drug-likeness (QED) is 0.167. The Bertz CT molecular complexity index is 415. The van der Waals surface area contributed by atoms with E-state index in [0.29, 0.717) is 25.4 Å². The normalized spacial score (nSPS) is 9.68. The standard InChI is InChI=1S/2C8H12O4.Ba/c2*1-2-3-6-12-8(11)5-4-7(9)10;/h2*4-5H,2-3,6H2,1H3,(H,9,10);/q;;+2/p-2. The van der Waals surface area contributed by atoms with E-state index in [1.165, 1.54) is 0 Å². The molecule has 8 nitrogen and oxygen atoms in total. The van der Waals surface area contributed by atoms with Crippen LogP contribution in [0.5, 0.6) is 0 Å². The molecule has 0 spiro atoms. The van der Waals surface area contributed by atoms with E-state index in [1.807, 2.05) is 13.8 Å². The van der Waals surface area contributed by atoms with Gasteiger partial charge >= 0.3 is 60.8 Å². The van der Waals surface area contributed by atoms with Gasteiger partial charge in [0.05, 0.1) is 25.2 Å². The van der Waals surface area contributed by atoms with Gasteiger partial charge in [0.15, 0.2) is 0 Å². The van der Waals surface area contributed by atoms with Gasteiger partial charge in [0.2, 0.25) is 0 Å². The third-order valence-electron chi connectivity index (χ3n) is 2.20. The molecule has 0 radical (unpaired) electrons. The van der Waals surface area contributed by atoms with Gasteiger partial charge in [-0.2, -0.15) is 0 Å². The summed E-state index contributed by atoms with van der Waals surface area (Å²) in [6.07, 6.45) is 6.39. The molecule has 0 N–H and O–H groups in total. The summed E-state index contributed by atoms with van der Waals surface area (Å²) < 4.78 is 9.23. The van der Waals surface area contributed by atoms with E-state index in [2.05, 4.69) is 9.47 Å². The van der Waals surface area contributed by atoms with Gasteiger partial charge in [-0.05, 0) is 25.0 Å². The molecule has 0 aromatic rings. The summed E-state index contributed by atoms with van der Waals surface area (Å²) in [5.74, 6) is -4.09. The van der Waals surface area contributed by atoms with Crippen molar-refractivity contribution < 1.29 is 38.9 Å². The van der Waals surface area contributed by atoms with Crippen LogP contribution in [-0.2, 0) is 28.7 Å². The zero-order chi connectivity index (χ0) is 18.8. The molecular formula is C16H22BaO8. The van der Waals surface area contributed by atoms with E-state index >= 15 is 0 Å². The molecule has 0 unspecified atom stereocenters. The number of hydrogen-bond donors (Lipinski definition) is 0. The molecular weight excluding hydrogens is 457 g/mol. The first-order valence-electron chi connectivity index (χ1n) is 7.45. The summed E-state index contributed by atoms with van der Waals surface area (Å²) >= 11 is 0. The van der Waals surface area contributed by atoms with Crippen LogP contribution in [0.1, 0.15) is 39.5 Å². The Balaban J connectivity index is -0.000000372. The summed E-state index contributed by atoms with van der Waals surface area (Å²) in [5, 5.41) is 19.7. The van der Waals surface area contributed by atoms with E-state index in [0.717, 1.165) is 37.8 Å². The smallest absolute Gasteiger partial charge is 0.545 e. The maximum Gasteiger partial charge on any atom is 2.00 e. The second-order valence-corrected chi connectivity index (χ2v) is 4.35. The van der Waals surface area contributed by atoms with Crippen molar-refractivity contribution in [1.29, 1.82) is 0 Å². The van der Waals surface area contributed by atoms with Crippen LogP contribution < -0.4 is 10.2 Å². The number of unbranched alkanes of at least 4 members (excludes halogenated alkanes) is 2. The molecule has 0 aromatic carbocycles. The number of carboxylic acid groups (broad SMARTS) is 2. The molecule has 0 saturated carbocycles. The fraction of sp³-hybridized carbons (Fsp3) is 0.500. The number of esters is 2.